The molecule has 0 heterocycles. The third-order valence-corrected chi connectivity index (χ3v) is 3.82. The van der Waals surface area contributed by atoms with E-state index in [0.29, 0.717) is 13.0 Å². The minimum absolute atomic E-state index is 0.00344. The minimum atomic E-state index is -0.247. The molecular formula is C19H25N3O. The number of nitrogens with zero attached hydrogens (tertiary/aromatic N) is 1. The second-order valence-corrected chi connectivity index (χ2v) is 5.68. The molecule has 23 heavy (non-hydrogen) atoms. The molecule has 3 N–H and O–H groups in total. The summed E-state index contributed by atoms with van der Waals surface area (Å²) in [6.07, 6.45) is 1.22. The molecule has 0 aliphatic heterocycles. The van der Waals surface area contributed by atoms with Crippen molar-refractivity contribution in [2.45, 2.75) is 18.9 Å². The van der Waals surface area contributed by atoms with Crippen LogP contribution in [0.1, 0.15) is 24.4 Å². The van der Waals surface area contributed by atoms with Gasteiger partial charge < -0.3 is 16.0 Å². The number of carbonyl (C=O) groups is 1. The van der Waals surface area contributed by atoms with Crippen molar-refractivity contribution in [1.82, 2.24) is 5.32 Å². The van der Waals surface area contributed by atoms with Gasteiger partial charge in [-0.15, -0.1) is 0 Å². The van der Waals surface area contributed by atoms with Crippen LogP contribution in [-0.4, -0.2) is 26.0 Å². The topological polar surface area (TPSA) is 58.4 Å². The molecule has 2 rings (SSSR count). The second-order valence-electron chi connectivity index (χ2n) is 5.68. The zero-order chi connectivity index (χ0) is 16.5. The molecular weight excluding hydrogens is 286 g/mol. The van der Waals surface area contributed by atoms with Crippen molar-refractivity contribution in [3.8, 4) is 0 Å². The summed E-state index contributed by atoms with van der Waals surface area (Å²) in [5, 5.41) is 2.94. The van der Waals surface area contributed by atoms with Crippen molar-refractivity contribution in [2.75, 3.05) is 25.0 Å². The molecule has 0 saturated carbocycles. The van der Waals surface area contributed by atoms with E-state index in [1.807, 2.05) is 48.5 Å². The molecule has 0 aliphatic rings. The quantitative estimate of drug-likeness (QED) is 0.737. The molecule has 0 spiro atoms. The van der Waals surface area contributed by atoms with Crippen LogP contribution in [0.2, 0.25) is 0 Å². The number of hydrogen-bond donors (Lipinski definition) is 2. The molecule has 0 fully saturated rings. The van der Waals surface area contributed by atoms with Crippen molar-refractivity contribution in [1.29, 1.82) is 0 Å². The van der Waals surface area contributed by atoms with Gasteiger partial charge in [0.2, 0.25) is 5.91 Å². The highest BCUT2D eigenvalue weighted by atomic mass is 16.1. The van der Waals surface area contributed by atoms with E-state index < -0.39 is 0 Å². The van der Waals surface area contributed by atoms with Crippen molar-refractivity contribution in [2.24, 2.45) is 5.73 Å². The molecule has 0 bridgehead atoms. The highest BCUT2D eigenvalue weighted by molar-refractivity contribution is 5.76. The molecule has 0 radical (unpaired) electrons. The fraction of sp³-hybridized carbons (Fsp3) is 0.316. The molecule has 2 aromatic carbocycles. The normalized spacial score (nSPS) is 11.7. The lowest BCUT2D eigenvalue weighted by Crippen LogP contribution is -2.30. The van der Waals surface area contributed by atoms with Gasteiger partial charge in [-0.25, -0.2) is 0 Å². The van der Waals surface area contributed by atoms with E-state index >= 15 is 0 Å². The summed E-state index contributed by atoms with van der Waals surface area (Å²) in [5.74, 6) is 0.00344. The summed E-state index contributed by atoms with van der Waals surface area (Å²) in [4.78, 5) is 14.1. The van der Waals surface area contributed by atoms with Crippen LogP contribution in [0.15, 0.2) is 60.7 Å². The third-order valence-electron chi connectivity index (χ3n) is 3.82. The molecule has 0 aromatic heterocycles. The monoisotopic (exact) mass is 311 g/mol. The van der Waals surface area contributed by atoms with Gasteiger partial charge in [-0.2, -0.15) is 0 Å². The summed E-state index contributed by atoms with van der Waals surface area (Å²) in [5.41, 5.74) is 8.23. The largest absolute Gasteiger partial charge is 0.375 e. The van der Waals surface area contributed by atoms with Gasteiger partial charge in [-0.1, -0.05) is 48.5 Å². The highest BCUT2D eigenvalue weighted by Gasteiger charge is 2.10. The summed E-state index contributed by atoms with van der Waals surface area (Å²) in [6.45, 7) is 1.56. The Bertz CT molecular complexity index is 586. The molecule has 122 valence electrons. The van der Waals surface area contributed by atoms with Gasteiger partial charge >= 0.3 is 0 Å². The number of carbonyl (C=O) groups excluding carboxylic acids is 1. The van der Waals surface area contributed by atoms with E-state index in [0.717, 1.165) is 18.5 Å². The highest BCUT2D eigenvalue weighted by Crippen LogP contribution is 2.13. The number of anilines is 1. The maximum absolute atomic E-state index is 11.9. The van der Waals surface area contributed by atoms with Gasteiger partial charge in [0, 0.05) is 38.3 Å². The Morgan fingerprint density at radius 1 is 1.09 bits per heavy atom. The van der Waals surface area contributed by atoms with E-state index in [1.165, 1.54) is 5.69 Å². The van der Waals surface area contributed by atoms with Crippen LogP contribution >= 0.6 is 0 Å². The van der Waals surface area contributed by atoms with Crippen LogP contribution in [0, 0.1) is 0 Å². The standard InChI is InChI=1S/C19H25N3O/c1-22(17-11-6-3-7-12-17)14-8-13-21-19(23)15-18(20)16-9-4-2-5-10-16/h2-7,9-12,18H,8,13-15,20H2,1H3,(H,21,23). The second kappa shape index (κ2) is 8.96. The van der Waals surface area contributed by atoms with E-state index in [2.05, 4.69) is 29.4 Å². The summed E-state index contributed by atoms with van der Waals surface area (Å²) >= 11 is 0. The first kappa shape index (κ1) is 17.0. The van der Waals surface area contributed by atoms with Gasteiger partial charge in [-0.3, -0.25) is 4.79 Å². The van der Waals surface area contributed by atoms with Crippen molar-refractivity contribution < 1.29 is 4.79 Å². The Hall–Kier alpha value is -2.33. The zero-order valence-electron chi connectivity index (χ0n) is 13.6. The lowest BCUT2D eigenvalue weighted by molar-refractivity contribution is -0.121. The van der Waals surface area contributed by atoms with E-state index in [1.54, 1.807) is 0 Å². The number of hydrogen-bond acceptors (Lipinski definition) is 3. The van der Waals surface area contributed by atoms with Gasteiger partial charge in [-0.05, 0) is 24.1 Å². The minimum Gasteiger partial charge on any atom is -0.375 e. The maximum atomic E-state index is 11.9. The molecule has 1 atom stereocenters. The summed E-state index contributed by atoms with van der Waals surface area (Å²) in [6, 6.07) is 19.7. The number of nitrogens with one attached hydrogen (secondary N) is 1. The fourth-order valence-corrected chi connectivity index (χ4v) is 2.45. The Morgan fingerprint density at radius 3 is 2.35 bits per heavy atom. The number of nitrogens with two attached hydrogens (primary N) is 1. The molecule has 0 saturated heterocycles. The van der Waals surface area contributed by atoms with Gasteiger partial charge in [0.1, 0.15) is 0 Å². The first-order chi connectivity index (χ1) is 11.2. The fourth-order valence-electron chi connectivity index (χ4n) is 2.45. The molecule has 2 aromatic rings. The smallest absolute Gasteiger partial charge is 0.221 e. The molecule has 1 unspecified atom stereocenters. The summed E-state index contributed by atoms with van der Waals surface area (Å²) in [7, 11) is 2.06. The third kappa shape index (κ3) is 5.75. The number of rotatable bonds is 8. The Balaban J connectivity index is 1.65. The first-order valence-corrected chi connectivity index (χ1v) is 8.00. The lowest BCUT2D eigenvalue weighted by Gasteiger charge is -2.19. The van der Waals surface area contributed by atoms with Crippen LogP contribution in [0.25, 0.3) is 0 Å². The van der Waals surface area contributed by atoms with Crippen LogP contribution in [0.5, 0.6) is 0 Å². The van der Waals surface area contributed by atoms with Gasteiger partial charge in [0.05, 0.1) is 0 Å². The average molecular weight is 311 g/mol. The maximum Gasteiger partial charge on any atom is 0.221 e. The van der Waals surface area contributed by atoms with Crippen molar-refractivity contribution in [3.05, 3.63) is 66.2 Å². The Morgan fingerprint density at radius 2 is 1.70 bits per heavy atom. The van der Waals surface area contributed by atoms with Gasteiger partial charge in [0.25, 0.3) is 0 Å². The predicted octanol–water partition coefficient (Wildman–Crippen LogP) is 2.72. The van der Waals surface area contributed by atoms with E-state index in [4.69, 9.17) is 5.73 Å². The number of amides is 1. The average Bonchev–Trinajstić information content (AvgIpc) is 2.60. The van der Waals surface area contributed by atoms with Crippen molar-refractivity contribution >= 4 is 11.6 Å². The number of benzene rings is 2. The van der Waals surface area contributed by atoms with E-state index in [-0.39, 0.29) is 11.9 Å². The predicted molar refractivity (Wildman–Crippen MR) is 95.3 cm³/mol. The Labute approximate surface area is 138 Å². The van der Waals surface area contributed by atoms with Crippen LogP contribution < -0.4 is 16.0 Å². The SMILES string of the molecule is CN(CCCNC(=O)CC(N)c1ccccc1)c1ccccc1. The van der Waals surface area contributed by atoms with Gasteiger partial charge in [0.15, 0.2) is 0 Å². The van der Waals surface area contributed by atoms with Crippen LogP contribution in [0.4, 0.5) is 5.69 Å². The molecule has 1 amide bonds. The summed E-state index contributed by atoms with van der Waals surface area (Å²) < 4.78 is 0. The zero-order valence-corrected chi connectivity index (χ0v) is 13.6. The molecule has 0 aliphatic carbocycles. The van der Waals surface area contributed by atoms with Crippen molar-refractivity contribution in [3.63, 3.8) is 0 Å². The van der Waals surface area contributed by atoms with Crippen LogP contribution in [0.3, 0.4) is 0 Å². The number of para-hydroxylation sites is 1. The Kier molecular flexibility index (Phi) is 6.63. The van der Waals surface area contributed by atoms with E-state index in [9.17, 15) is 4.79 Å². The van der Waals surface area contributed by atoms with Crippen LogP contribution in [-0.2, 0) is 4.79 Å². The lowest BCUT2D eigenvalue weighted by atomic mass is 10.0. The molecule has 4 heteroatoms. The first-order valence-electron chi connectivity index (χ1n) is 8.00. The molecule has 4 nitrogen and oxygen atoms in total.